The molecule has 1 aliphatic rings. The second kappa shape index (κ2) is 7.38. The Labute approximate surface area is 168 Å². The summed E-state index contributed by atoms with van der Waals surface area (Å²) in [5.74, 6) is 0.0713. The van der Waals surface area contributed by atoms with Gasteiger partial charge in [-0.1, -0.05) is 25.6 Å². The highest BCUT2D eigenvalue weighted by molar-refractivity contribution is 8.15. The summed E-state index contributed by atoms with van der Waals surface area (Å²) in [6.45, 7) is 6.32. The zero-order chi connectivity index (χ0) is 20.5. The third kappa shape index (κ3) is 4.24. The number of anilines is 1. The number of nitrogen functional groups attached to an aromatic ring is 1. The molecule has 0 spiro atoms. The lowest BCUT2D eigenvalue weighted by Gasteiger charge is -2.39. The SMILES string of the molecule is COc1cnc(C(=O)Cc2cncc([C@]3(C)CC(C)(C)SC(N)=N3)c2)c(N)n1. The van der Waals surface area contributed by atoms with Gasteiger partial charge in [0.05, 0.1) is 18.8 Å². The van der Waals surface area contributed by atoms with Crippen molar-refractivity contribution in [2.75, 3.05) is 12.8 Å². The Kier molecular flexibility index (Phi) is 5.29. The molecule has 28 heavy (non-hydrogen) atoms. The Hall–Kier alpha value is -2.68. The van der Waals surface area contributed by atoms with Gasteiger partial charge in [-0.05, 0) is 30.5 Å². The van der Waals surface area contributed by atoms with Crippen LogP contribution in [-0.2, 0) is 12.0 Å². The Morgan fingerprint density at radius 3 is 2.64 bits per heavy atom. The first-order valence-corrected chi connectivity index (χ1v) is 9.62. The van der Waals surface area contributed by atoms with Crippen LogP contribution in [0.4, 0.5) is 5.82 Å². The third-order valence-corrected chi connectivity index (χ3v) is 5.54. The van der Waals surface area contributed by atoms with Crippen LogP contribution in [0.3, 0.4) is 0 Å². The molecule has 1 atom stereocenters. The summed E-state index contributed by atoms with van der Waals surface area (Å²) in [5.41, 5.74) is 13.2. The number of nitrogens with zero attached hydrogens (tertiary/aromatic N) is 4. The van der Waals surface area contributed by atoms with Gasteiger partial charge in [-0.2, -0.15) is 4.98 Å². The van der Waals surface area contributed by atoms with Crippen LogP contribution >= 0.6 is 11.8 Å². The van der Waals surface area contributed by atoms with Crippen LogP contribution in [0.5, 0.6) is 5.88 Å². The maximum atomic E-state index is 12.7. The van der Waals surface area contributed by atoms with Crippen LogP contribution in [0.15, 0.2) is 29.6 Å². The number of Topliss-reactive ketones (excluding diaryl/α,β-unsaturated/α-hetero) is 1. The summed E-state index contributed by atoms with van der Waals surface area (Å²) in [5, 5.41) is 0.557. The van der Waals surface area contributed by atoms with Gasteiger partial charge in [0, 0.05) is 23.6 Å². The molecule has 0 saturated heterocycles. The summed E-state index contributed by atoms with van der Waals surface area (Å²) in [6, 6.07) is 1.95. The highest BCUT2D eigenvalue weighted by Gasteiger charge is 2.39. The minimum atomic E-state index is -0.496. The van der Waals surface area contributed by atoms with E-state index in [0.717, 1.165) is 17.5 Å². The van der Waals surface area contributed by atoms with E-state index in [2.05, 4.69) is 33.8 Å². The molecule has 8 nitrogen and oxygen atoms in total. The fourth-order valence-electron chi connectivity index (χ4n) is 3.47. The Bertz CT molecular complexity index is 946. The van der Waals surface area contributed by atoms with E-state index in [1.54, 1.807) is 24.2 Å². The molecule has 0 saturated carbocycles. The molecule has 2 aromatic heterocycles. The van der Waals surface area contributed by atoms with Crippen molar-refractivity contribution in [1.82, 2.24) is 15.0 Å². The van der Waals surface area contributed by atoms with Crippen molar-refractivity contribution in [1.29, 1.82) is 0 Å². The monoisotopic (exact) mass is 400 g/mol. The smallest absolute Gasteiger partial charge is 0.234 e. The van der Waals surface area contributed by atoms with E-state index in [4.69, 9.17) is 16.2 Å². The van der Waals surface area contributed by atoms with Gasteiger partial charge in [0.1, 0.15) is 5.69 Å². The first kappa shape index (κ1) is 20.1. The van der Waals surface area contributed by atoms with Crippen LogP contribution in [0.2, 0.25) is 0 Å². The number of ether oxygens (including phenoxy) is 1. The van der Waals surface area contributed by atoms with E-state index >= 15 is 0 Å². The van der Waals surface area contributed by atoms with Gasteiger partial charge in [-0.3, -0.25) is 14.8 Å². The Morgan fingerprint density at radius 1 is 1.25 bits per heavy atom. The van der Waals surface area contributed by atoms with Crippen LogP contribution in [0.1, 0.15) is 48.8 Å². The number of hydrogen-bond acceptors (Lipinski definition) is 9. The molecule has 0 bridgehead atoms. The summed E-state index contributed by atoms with van der Waals surface area (Å²) in [7, 11) is 1.46. The fraction of sp³-hybridized carbons (Fsp3) is 0.421. The van der Waals surface area contributed by atoms with Gasteiger partial charge >= 0.3 is 0 Å². The second-order valence-corrected chi connectivity index (χ2v) is 9.32. The molecule has 0 unspecified atom stereocenters. The molecule has 0 aromatic carbocycles. The van der Waals surface area contributed by atoms with Crippen LogP contribution in [0, 0.1) is 0 Å². The molecule has 0 amide bonds. The number of ketones is 1. The second-order valence-electron chi connectivity index (χ2n) is 7.59. The Balaban J connectivity index is 1.86. The third-order valence-electron chi connectivity index (χ3n) is 4.54. The number of nitrogens with two attached hydrogens (primary N) is 2. The van der Waals surface area contributed by atoms with Crippen LogP contribution in [-0.4, -0.2) is 37.8 Å². The number of carbonyl (C=O) groups is 1. The molecule has 148 valence electrons. The van der Waals surface area contributed by atoms with Crippen molar-refractivity contribution in [2.45, 2.75) is 43.9 Å². The average molecular weight is 401 g/mol. The van der Waals surface area contributed by atoms with E-state index < -0.39 is 5.54 Å². The van der Waals surface area contributed by atoms with Gasteiger partial charge in [-0.25, -0.2) is 4.98 Å². The molecule has 0 fully saturated rings. The number of carbonyl (C=O) groups excluding carboxylic acids is 1. The van der Waals surface area contributed by atoms with Crippen molar-refractivity contribution in [3.05, 3.63) is 41.5 Å². The summed E-state index contributed by atoms with van der Waals surface area (Å²) in [4.78, 5) is 29.7. The largest absolute Gasteiger partial charge is 0.480 e. The molecule has 2 aromatic rings. The number of aromatic nitrogens is 3. The normalized spacial score (nSPS) is 21.1. The van der Waals surface area contributed by atoms with Crippen molar-refractivity contribution in [2.24, 2.45) is 10.7 Å². The summed E-state index contributed by atoms with van der Waals surface area (Å²) in [6.07, 6.45) is 5.73. The average Bonchev–Trinajstić information content (AvgIpc) is 2.59. The lowest BCUT2D eigenvalue weighted by molar-refractivity contribution is 0.0988. The first-order chi connectivity index (χ1) is 13.1. The molecule has 1 aliphatic heterocycles. The highest BCUT2D eigenvalue weighted by atomic mass is 32.2. The number of aliphatic imine (C=N–C) groups is 1. The van der Waals surface area contributed by atoms with E-state index in [0.29, 0.717) is 5.17 Å². The van der Waals surface area contributed by atoms with Gasteiger partial charge < -0.3 is 16.2 Å². The van der Waals surface area contributed by atoms with E-state index in [1.807, 2.05) is 13.0 Å². The minimum Gasteiger partial charge on any atom is -0.480 e. The van der Waals surface area contributed by atoms with Crippen LogP contribution in [0.25, 0.3) is 0 Å². The summed E-state index contributed by atoms with van der Waals surface area (Å²) < 4.78 is 4.93. The fourth-order valence-corrected chi connectivity index (χ4v) is 4.63. The predicted octanol–water partition coefficient (Wildman–Crippen LogP) is 2.33. The standard InChI is InChI=1S/C19H24N6O2S/c1-18(2)10-19(3,25-17(21)28-18)12-5-11(7-22-8-12)6-13(26)15-16(20)24-14(27-4)9-23-15/h5,7-9H,6,10H2,1-4H3,(H2,20,24)(H2,21,25)/t19-/m0/s1. The lowest BCUT2D eigenvalue weighted by atomic mass is 9.84. The zero-order valence-corrected chi connectivity index (χ0v) is 17.2. The minimum absolute atomic E-state index is 0.0421. The number of thioether (sulfide) groups is 1. The van der Waals surface area contributed by atoms with Gasteiger partial charge in [0.25, 0.3) is 0 Å². The van der Waals surface area contributed by atoms with Gasteiger partial charge in [0.15, 0.2) is 16.8 Å². The molecule has 9 heteroatoms. The molecular formula is C19H24N6O2S. The van der Waals surface area contributed by atoms with Crippen molar-refractivity contribution in [3.8, 4) is 5.88 Å². The quantitative estimate of drug-likeness (QED) is 0.732. The van der Waals surface area contributed by atoms with Crippen molar-refractivity contribution >= 4 is 28.5 Å². The van der Waals surface area contributed by atoms with E-state index in [1.165, 1.54) is 13.3 Å². The number of methoxy groups -OCH3 is 1. The molecule has 0 aliphatic carbocycles. The molecular weight excluding hydrogens is 376 g/mol. The van der Waals surface area contributed by atoms with Crippen molar-refractivity contribution in [3.63, 3.8) is 0 Å². The molecule has 3 rings (SSSR count). The number of rotatable bonds is 5. The van der Waals surface area contributed by atoms with Gasteiger partial charge in [0.2, 0.25) is 5.88 Å². The molecule has 4 N–H and O–H groups in total. The predicted molar refractivity (Wildman–Crippen MR) is 111 cm³/mol. The van der Waals surface area contributed by atoms with Crippen molar-refractivity contribution < 1.29 is 9.53 Å². The molecule has 0 radical (unpaired) electrons. The zero-order valence-electron chi connectivity index (χ0n) is 16.4. The topological polar surface area (TPSA) is 129 Å². The Morgan fingerprint density at radius 2 is 2.00 bits per heavy atom. The highest BCUT2D eigenvalue weighted by Crippen LogP contribution is 2.44. The van der Waals surface area contributed by atoms with Crippen LogP contribution < -0.4 is 16.2 Å². The number of pyridine rings is 1. The van der Waals surface area contributed by atoms with E-state index in [9.17, 15) is 4.79 Å². The van der Waals surface area contributed by atoms with Gasteiger partial charge in [-0.15, -0.1) is 0 Å². The maximum Gasteiger partial charge on any atom is 0.234 e. The summed E-state index contributed by atoms with van der Waals surface area (Å²) >= 11 is 1.57. The molecule has 3 heterocycles. The first-order valence-electron chi connectivity index (χ1n) is 8.80. The number of hydrogen-bond donors (Lipinski definition) is 2. The lowest BCUT2D eigenvalue weighted by Crippen LogP contribution is -2.38. The maximum absolute atomic E-state index is 12.7. The number of amidine groups is 1. The van der Waals surface area contributed by atoms with E-state index in [-0.39, 0.29) is 34.3 Å².